The molecular weight excluding hydrogens is 413 g/mol. The van der Waals surface area contributed by atoms with E-state index < -0.39 is 47.7 Å². The molecule has 0 rings (SSSR count). The molecule has 150 valence electrons. The Balaban J connectivity index is 7.43. The van der Waals surface area contributed by atoms with Gasteiger partial charge < -0.3 is 5.11 Å². The van der Waals surface area contributed by atoms with Gasteiger partial charge in [0.2, 0.25) is 0 Å². The highest BCUT2D eigenvalue weighted by Crippen LogP contribution is 2.68. The van der Waals surface area contributed by atoms with Crippen molar-refractivity contribution in [2.75, 3.05) is 0 Å². The van der Waals surface area contributed by atoms with Crippen LogP contribution in [0.3, 0.4) is 0 Å². The first-order valence-electron chi connectivity index (χ1n) is 5.01. The van der Waals surface area contributed by atoms with Gasteiger partial charge in [0, 0.05) is 0 Å². The monoisotopic (exact) mass is 414 g/mol. The number of carboxylic acids is 1. The fourth-order valence-electron chi connectivity index (χ4n) is 1.67. The molecule has 0 fully saturated rings. The molecule has 0 atom stereocenters. The molecule has 0 bridgehead atoms. The molecule has 1 N–H and O–H groups in total. The summed E-state index contributed by atoms with van der Waals surface area (Å²) in [5.41, 5.74) is -16.6. The molecule has 0 radical (unpaired) electrons. The first-order valence-corrected chi connectivity index (χ1v) is 5.01. The van der Waals surface area contributed by atoms with Gasteiger partial charge in [0.05, 0.1) is 0 Å². The van der Waals surface area contributed by atoms with E-state index in [-0.39, 0.29) is 0 Å². The number of hydrogen-bond acceptors (Lipinski definition) is 1. The minimum Gasteiger partial charge on any atom is -0.480 e. The van der Waals surface area contributed by atoms with Gasteiger partial charge >= 0.3 is 47.7 Å². The third kappa shape index (κ3) is 2.74. The molecule has 0 aromatic heterocycles. The lowest BCUT2D eigenvalue weighted by Gasteiger charge is -2.45. The topological polar surface area (TPSA) is 37.3 Å². The quantitative estimate of drug-likeness (QED) is 0.683. The summed E-state index contributed by atoms with van der Waals surface area (Å²) in [7, 11) is 0. The summed E-state index contributed by atoms with van der Waals surface area (Å²) in [6.45, 7) is 0. The predicted molar refractivity (Wildman–Crippen MR) is 43.1 cm³/mol. The zero-order valence-electron chi connectivity index (χ0n) is 10.5. The van der Waals surface area contributed by atoms with Crippen LogP contribution >= 0.6 is 0 Å². The minimum absolute atomic E-state index is 4.92. The van der Waals surface area contributed by atoms with E-state index in [2.05, 4.69) is 0 Å². The van der Waals surface area contributed by atoms with Crippen LogP contribution in [-0.4, -0.2) is 47.4 Å². The third-order valence-corrected chi connectivity index (χ3v) is 2.86. The first-order chi connectivity index (χ1) is 10.4. The summed E-state index contributed by atoms with van der Waals surface area (Å²) in [4.78, 5) is 10.2. The zero-order valence-corrected chi connectivity index (χ0v) is 10.5. The fourth-order valence-corrected chi connectivity index (χ4v) is 1.67. The number of alkyl halides is 15. The average Bonchev–Trinajstić information content (AvgIpc) is 2.18. The van der Waals surface area contributed by atoms with Crippen LogP contribution in [0.25, 0.3) is 0 Å². The van der Waals surface area contributed by atoms with Crippen molar-refractivity contribution in [2.24, 2.45) is 5.41 Å². The lowest BCUT2D eigenvalue weighted by Crippen LogP contribution is -2.77. The van der Waals surface area contributed by atoms with E-state index in [0.717, 1.165) is 0 Å². The molecule has 0 aromatic carbocycles. The Morgan fingerprint density at radius 2 is 0.760 bits per heavy atom. The third-order valence-electron chi connectivity index (χ3n) is 2.86. The van der Waals surface area contributed by atoms with Crippen LogP contribution < -0.4 is 0 Å². The van der Waals surface area contributed by atoms with Gasteiger partial charge in [-0.05, 0) is 0 Å². The second-order valence-electron chi connectivity index (χ2n) is 4.28. The standard InChI is InChI=1S/C8HF15O2/c9-3(7(18,19)20,8(21,22)23)4(10,11)2(1(24)25,5(12,13)14)6(15,16)17/h(H,24,25). The number of halogens is 15. The maximum Gasteiger partial charge on any atom is 0.437 e. The Morgan fingerprint density at radius 3 is 0.880 bits per heavy atom. The van der Waals surface area contributed by atoms with E-state index in [0.29, 0.717) is 0 Å². The highest BCUT2D eigenvalue weighted by molar-refractivity contribution is 5.79. The van der Waals surface area contributed by atoms with Gasteiger partial charge in [-0.1, -0.05) is 0 Å². The summed E-state index contributed by atoms with van der Waals surface area (Å²) in [5.74, 6) is -13.6. The molecule has 0 aliphatic heterocycles. The number of rotatable bonds is 3. The highest BCUT2D eigenvalue weighted by Gasteiger charge is 2.99. The van der Waals surface area contributed by atoms with Crippen LogP contribution in [0.1, 0.15) is 0 Å². The normalized spacial score (nSPS) is 16.1. The van der Waals surface area contributed by atoms with Crippen molar-refractivity contribution in [3.63, 3.8) is 0 Å². The lowest BCUT2D eigenvalue weighted by atomic mass is 9.71. The molecule has 0 aliphatic rings. The largest absolute Gasteiger partial charge is 0.480 e. The molecule has 0 saturated heterocycles. The van der Waals surface area contributed by atoms with Gasteiger partial charge in [0.1, 0.15) is 0 Å². The van der Waals surface area contributed by atoms with Gasteiger partial charge in [-0.15, -0.1) is 0 Å². The number of aliphatic carboxylic acids is 1. The molecular formula is C8HF15O2. The summed E-state index contributed by atoms with van der Waals surface area (Å²) < 4.78 is 188. The van der Waals surface area contributed by atoms with Gasteiger partial charge in [0.25, 0.3) is 0 Å². The molecule has 0 spiro atoms. The number of hydrogen-bond donors (Lipinski definition) is 1. The lowest BCUT2D eigenvalue weighted by molar-refractivity contribution is -0.461. The van der Waals surface area contributed by atoms with Crippen molar-refractivity contribution < 1.29 is 75.8 Å². The fraction of sp³-hybridized carbons (Fsp3) is 0.875. The van der Waals surface area contributed by atoms with E-state index in [1.54, 1.807) is 0 Å². The van der Waals surface area contributed by atoms with E-state index in [1.807, 2.05) is 0 Å². The van der Waals surface area contributed by atoms with Crippen molar-refractivity contribution in [1.29, 1.82) is 0 Å². The second-order valence-corrected chi connectivity index (χ2v) is 4.28. The van der Waals surface area contributed by atoms with Gasteiger partial charge in [0.15, 0.2) is 0 Å². The summed E-state index contributed by atoms with van der Waals surface area (Å²) in [6, 6.07) is 0. The Labute approximate surface area is 125 Å². The van der Waals surface area contributed by atoms with Gasteiger partial charge in [-0.3, -0.25) is 4.79 Å². The van der Waals surface area contributed by atoms with Crippen LogP contribution in [0.4, 0.5) is 65.9 Å². The minimum atomic E-state index is -8.64. The Morgan fingerprint density at radius 1 is 0.520 bits per heavy atom. The van der Waals surface area contributed by atoms with Crippen molar-refractivity contribution >= 4 is 5.97 Å². The van der Waals surface area contributed by atoms with Gasteiger partial charge in [-0.25, -0.2) is 13.2 Å². The second kappa shape index (κ2) is 5.46. The summed E-state index contributed by atoms with van der Waals surface area (Å²) >= 11 is 0. The summed E-state index contributed by atoms with van der Waals surface area (Å²) in [6.07, 6.45) is -32.2. The van der Waals surface area contributed by atoms with Gasteiger partial charge in [-0.2, -0.15) is 52.7 Å². The maximum absolute atomic E-state index is 13.4. The van der Waals surface area contributed by atoms with E-state index >= 15 is 0 Å². The number of carboxylic acid groups (broad SMARTS) is 1. The van der Waals surface area contributed by atoms with Crippen LogP contribution in [0, 0.1) is 5.41 Å². The molecule has 0 aromatic rings. The molecule has 2 nitrogen and oxygen atoms in total. The van der Waals surface area contributed by atoms with Crippen LogP contribution in [0.15, 0.2) is 0 Å². The van der Waals surface area contributed by atoms with Crippen molar-refractivity contribution in [3.05, 3.63) is 0 Å². The molecule has 25 heavy (non-hydrogen) atoms. The molecule has 0 aliphatic carbocycles. The van der Waals surface area contributed by atoms with Crippen LogP contribution in [0.5, 0.6) is 0 Å². The number of carbonyl (C=O) groups is 1. The highest BCUT2D eigenvalue weighted by atomic mass is 19.4. The molecule has 0 amide bonds. The van der Waals surface area contributed by atoms with Crippen LogP contribution in [-0.2, 0) is 4.79 Å². The Bertz CT molecular complexity index is 490. The van der Waals surface area contributed by atoms with E-state index in [1.165, 1.54) is 0 Å². The SMILES string of the molecule is O=C(O)C(C(F)(F)F)(C(F)(F)F)C(F)(F)C(F)(C(F)(F)F)C(F)(F)F. The van der Waals surface area contributed by atoms with Crippen molar-refractivity contribution in [3.8, 4) is 0 Å². The molecule has 0 heterocycles. The molecule has 0 unspecified atom stereocenters. The van der Waals surface area contributed by atoms with Crippen molar-refractivity contribution in [2.45, 2.75) is 36.3 Å². The Kier molecular flexibility index (Phi) is 5.11. The maximum atomic E-state index is 13.4. The first kappa shape index (κ1) is 23.4. The zero-order chi connectivity index (χ0) is 21.1. The van der Waals surface area contributed by atoms with Crippen molar-refractivity contribution in [1.82, 2.24) is 0 Å². The van der Waals surface area contributed by atoms with Crippen LogP contribution in [0.2, 0.25) is 0 Å². The van der Waals surface area contributed by atoms with E-state index in [4.69, 9.17) is 5.11 Å². The molecule has 17 heteroatoms. The summed E-state index contributed by atoms with van der Waals surface area (Å²) in [5, 5.41) is 7.90. The smallest absolute Gasteiger partial charge is 0.437 e. The Hall–Kier alpha value is -1.58. The average molecular weight is 414 g/mol. The predicted octanol–water partition coefficient (Wildman–Crippen LogP) is 4.65. The van der Waals surface area contributed by atoms with E-state index in [9.17, 15) is 70.7 Å². The molecule has 0 saturated carbocycles.